The smallest absolute Gasteiger partial charge is 0.420 e. The Morgan fingerprint density at radius 2 is 1.86 bits per heavy atom. The molecule has 0 saturated carbocycles. The van der Waals surface area contributed by atoms with E-state index < -0.39 is 11.7 Å². The fourth-order valence-electron chi connectivity index (χ4n) is 2.05. The van der Waals surface area contributed by atoms with Crippen molar-refractivity contribution in [2.24, 2.45) is 4.99 Å². The number of nitrogens with zero attached hydrogens (tertiary/aromatic N) is 4. The molecule has 0 fully saturated rings. The normalized spacial score (nSPS) is 12.8. The zero-order chi connectivity index (χ0) is 21.3. The molecule has 28 heavy (non-hydrogen) atoms. The summed E-state index contributed by atoms with van der Waals surface area (Å²) in [5.41, 5.74) is -0.413. The monoisotopic (exact) mass is 414 g/mol. The number of aromatic nitrogens is 2. The van der Waals surface area contributed by atoms with Gasteiger partial charge in [0.1, 0.15) is 11.3 Å². The minimum absolute atomic E-state index is 0.0746. The maximum Gasteiger partial charge on any atom is 0.420 e. The molecule has 2 rings (SSSR count). The molecule has 0 N–H and O–H groups in total. The van der Waals surface area contributed by atoms with Crippen LogP contribution in [0.3, 0.4) is 0 Å². The molecular weight excluding hydrogens is 389 g/mol. The SMILES string of the molecule is Cc1cc(Oc2nc(C(C)(C)C)ns2)c(C(F)(F)F)cc1/N=C\N(C)C(C)C. The van der Waals surface area contributed by atoms with Gasteiger partial charge in [-0.1, -0.05) is 20.8 Å². The Balaban J connectivity index is 2.42. The molecule has 1 aromatic carbocycles. The second kappa shape index (κ2) is 8.06. The van der Waals surface area contributed by atoms with Crippen LogP contribution in [-0.2, 0) is 11.6 Å². The van der Waals surface area contributed by atoms with Crippen molar-refractivity contribution in [2.45, 2.75) is 59.2 Å². The predicted octanol–water partition coefficient (Wildman–Crippen LogP) is 5.96. The summed E-state index contributed by atoms with van der Waals surface area (Å²) in [7, 11) is 1.81. The lowest BCUT2D eigenvalue weighted by Gasteiger charge is -2.18. The maximum absolute atomic E-state index is 13.6. The molecule has 0 bridgehead atoms. The lowest BCUT2D eigenvalue weighted by Crippen LogP contribution is -2.24. The van der Waals surface area contributed by atoms with Crippen molar-refractivity contribution in [3.8, 4) is 10.9 Å². The second-order valence-corrected chi connectivity index (χ2v) is 8.59. The first kappa shape index (κ1) is 22.1. The third-order valence-electron chi connectivity index (χ3n) is 4.07. The largest absolute Gasteiger partial charge is 0.429 e. The van der Waals surface area contributed by atoms with Gasteiger partial charge in [0.05, 0.1) is 12.0 Å². The van der Waals surface area contributed by atoms with Gasteiger partial charge >= 0.3 is 6.18 Å². The van der Waals surface area contributed by atoms with Crippen molar-refractivity contribution >= 4 is 23.6 Å². The van der Waals surface area contributed by atoms with Gasteiger partial charge in [-0.05, 0) is 38.5 Å². The molecule has 154 valence electrons. The van der Waals surface area contributed by atoms with Crippen LogP contribution in [0.25, 0.3) is 0 Å². The van der Waals surface area contributed by atoms with E-state index in [0.717, 1.165) is 17.6 Å². The third kappa shape index (κ3) is 5.43. The van der Waals surface area contributed by atoms with Crippen molar-refractivity contribution in [3.05, 3.63) is 29.1 Å². The molecule has 0 amide bonds. The molecule has 2 aromatic rings. The van der Waals surface area contributed by atoms with Crippen LogP contribution in [0, 0.1) is 6.92 Å². The molecule has 0 aliphatic rings. The molecule has 0 aliphatic heterocycles. The van der Waals surface area contributed by atoms with Crippen LogP contribution in [0.1, 0.15) is 51.6 Å². The Hall–Kier alpha value is -2.16. The van der Waals surface area contributed by atoms with E-state index in [9.17, 15) is 13.2 Å². The zero-order valence-electron chi connectivity index (χ0n) is 17.0. The summed E-state index contributed by atoms with van der Waals surface area (Å²) >= 11 is 0.931. The lowest BCUT2D eigenvalue weighted by molar-refractivity contribution is -0.138. The minimum Gasteiger partial charge on any atom is -0.429 e. The Morgan fingerprint density at radius 3 is 2.36 bits per heavy atom. The van der Waals surface area contributed by atoms with Crippen molar-refractivity contribution in [3.63, 3.8) is 0 Å². The van der Waals surface area contributed by atoms with Crippen molar-refractivity contribution < 1.29 is 17.9 Å². The van der Waals surface area contributed by atoms with E-state index in [1.54, 1.807) is 6.92 Å². The molecule has 0 spiro atoms. The molecule has 0 unspecified atom stereocenters. The molecule has 0 saturated heterocycles. The van der Waals surface area contributed by atoms with Gasteiger partial charge in [0.15, 0.2) is 5.82 Å². The van der Waals surface area contributed by atoms with Crippen LogP contribution in [-0.4, -0.2) is 33.7 Å². The molecule has 0 atom stereocenters. The van der Waals surface area contributed by atoms with Gasteiger partial charge in [-0.25, -0.2) is 4.99 Å². The van der Waals surface area contributed by atoms with Crippen LogP contribution in [0.15, 0.2) is 17.1 Å². The summed E-state index contributed by atoms with van der Waals surface area (Å²) in [5.74, 6) is 0.216. The number of rotatable bonds is 5. The van der Waals surface area contributed by atoms with E-state index in [0.29, 0.717) is 11.4 Å². The number of halogens is 3. The standard InChI is InChI=1S/C19H25F3N4OS/c1-11(2)26(7)10-23-14-9-13(19(20,21)22)15(8-12(14)3)27-17-24-16(25-28-17)18(4,5)6/h8-11H,1-7H3/b23-10-. The Bertz CT molecular complexity index is 854. The highest BCUT2D eigenvalue weighted by atomic mass is 32.1. The first-order chi connectivity index (χ1) is 12.8. The fourth-order valence-corrected chi connectivity index (χ4v) is 2.78. The highest BCUT2D eigenvalue weighted by molar-refractivity contribution is 7.07. The molecule has 9 heteroatoms. The Kier molecular flexibility index (Phi) is 6.37. The van der Waals surface area contributed by atoms with Gasteiger partial charge in [0, 0.05) is 30.0 Å². The number of benzene rings is 1. The van der Waals surface area contributed by atoms with Gasteiger partial charge in [-0.3, -0.25) is 0 Å². The maximum atomic E-state index is 13.6. The molecule has 1 heterocycles. The van der Waals surface area contributed by atoms with E-state index >= 15 is 0 Å². The van der Waals surface area contributed by atoms with Gasteiger partial charge in [-0.2, -0.15) is 22.5 Å². The summed E-state index contributed by atoms with van der Waals surface area (Å²) < 4.78 is 50.5. The summed E-state index contributed by atoms with van der Waals surface area (Å²) in [6.07, 6.45) is -3.07. The van der Waals surface area contributed by atoms with E-state index in [4.69, 9.17) is 4.74 Å². The quantitative estimate of drug-likeness (QED) is 0.448. The van der Waals surface area contributed by atoms with Gasteiger partial charge in [0.25, 0.3) is 5.19 Å². The third-order valence-corrected chi connectivity index (χ3v) is 4.67. The summed E-state index contributed by atoms with van der Waals surface area (Å²) in [4.78, 5) is 10.2. The first-order valence-corrected chi connectivity index (χ1v) is 9.56. The summed E-state index contributed by atoms with van der Waals surface area (Å²) in [6.45, 7) is 11.4. The fraction of sp³-hybridized carbons (Fsp3) is 0.526. The van der Waals surface area contributed by atoms with Gasteiger partial charge < -0.3 is 9.64 Å². The van der Waals surface area contributed by atoms with Crippen LogP contribution in [0.2, 0.25) is 0 Å². The molecular formula is C19H25F3N4OS. The molecule has 0 aliphatic carbocycles. The first-order valence-electron chi connectivity index (χ1n) is 8.79. The molecule has 0 radical (unpaired) electrons. The van der Waals surface area contributed by atoms with Crippen molar-refractivity contribution in [1.82, 2.24) is 14.3 Å². The number of alkyl halides is 3. The molecule has 5 nitrogen and oxygen atoms in total. The van der Waals surface area contributed by atoms with E-state index in [-0.39, 0.29) is 28.1 Å². The van der Waals surface area contributed by atoms with Crippen molar-refractivity contribution in [2.75, 3.05) is 7.05 Å². The number of aliphatic imine (C=N–C) groups is 1. The topological polar surface area (TPSA) is 50.6 Å². The number of aryl methyl sites for hydroxylation is 1. The highest BCUT2D eigenvalue weighted by Gasteiger charge is 2.36. The van der Waals surface area contributed by atoms with E-state index in [1.165, 1.54) is 12.4 Å². The van der Waals surface area contributed by atoms with Crippen LogP contribution in [0.4, 0.5) is 18.9 Å². The highest BCUT2D eigenvalue weighted by Crippen LogP contribution is 2.42. The van der Waals surface area contributed by atoms with Gasteiger partial charge in [0.2, 0.25) is 0 Å². The average molecular weight is 414 g/mol. The van der Waals surface area contributed by atoms with Gasteiger partial charge in [-0.15, -0.1) is 0 Å². The number of hydrogen-bond donors (Lipinski definition) is 0. The Morgan fingerprint density at radius 1 is 1.21 bits per heavy atom. The average Bonchev–Trinajstić information content (AvgIpc) is 3.01. The zero-order valence-corrected chi connectivity index (χ0v) is 17.9. The van der Waals surface area contributed by atoms with E-state index in [1.807, 2.05) is 46.6 Å². The molecule has 1 aromatic heterocycles. The van der Waals surface area contributed by atoms with Crippen LogP contribution >= 0.6 is 11.5 Å². The minimum atomic E-state index is -4.59. The number of ether oxygens (including phenoxy) is 1. The predicted molar refractivity (Wildman–Crippen MR) is 106 cm³/mol. The van der Waals surface area contributed by atoms with Crippen LogP contribution in [0.5, 0.6) is 10.9 Å². The summed E-state index contributed by atoms with van der Waals surface area (Å²) in [5, 5.41) is 0.0746. The summed E-state index contributed by atoms with van der Waals surface area (Å²) in [6, 6.07) is 2.52. The van der Waals surface area contributed by atoms with Crippen molar-refractivity contribution in [1.29, 1.82) is 0 Å². The van der Waals surface area contributed by atoms with Crippen LogP contribution < -0.4 is 4.74 Å². The number of hydrogen-bond acceptors (Lipinski definition) is 5. The Labute approximate surface area is 167 Å². The van der Waals surface area contributed by atoms with E-state index in [2.05, 4.69) is 14.3 Å². The lowest BCUT2D eigenvalue weighted by atomic mass is 9.96. The second-order valence-electron chi connectivity index (χ2n) is 7.87.